The third-order valence-electron chi connectivity index (χ3n) is 8.48. The Bertz CT molecular complexity index is 913. The first-order valence-electron chi connectivity index (χ1n) is 14.1. The summed E-state index contributed by atoms with van der Waals surface area (Å²) in [5.74, 6) is 2.09. The summed E-state index contributed by atoms with van der Waals surface area (Å²) < 4.78 is 5.98. The standard InChI is InChI=1S/C33H44O2/c1-3-4-6-9-26-14-22-32(23-15-26)35-33(34)31-20-18-30(19-21-31)29-16-12-27(13-17-29)24-25(2)28-10-7-5-8-11-28/h3-5,7-8,10-13,16-17,25-26,30-32H,6,9,14-15,18-24H2,1-2H3/b4-3+. The molecule has 4 rings (SSSR count). The highest BCUT2D eigenvalue weighted by Gasteiger charge is 2.31. The number of allylic oxidation sites excluding steroid dienone is 2. The monoisotopic (exact) mass is 472 g/mol. The highest BCUT2D eigenvalue weighted by Crippen LogP contribution is 2.37. The topological polar surface area (TPSA) is 26.3 Å². The molecule has 0 spiro atoms. The van der Waals surface area contributed by atoms with Crippen LogP contribution in [0, 0.1) is 11.8 Å². The van der Waals surface area contributed by atoms with Crippen LogP contribution in [-0.2, 0) is 16.0 Å². The Morgan fingerprint density at radius 1 is 0.914 bits per heavy atom. The summed E-state index contributed by atoms with van der Waals surface area (Å²) in [5, 5.41) is 0. The number of esters is 1. The molecule has 1 atom stereocenters. The molecule has 2 aromatic rings. The van der Waals surface area contributed by atoms with Crippen molar-refractivity contribution in [2.75, 3.05) is 0 Å². The third-order valence-corrected chi connectivity index (χ3v) is 8.48. The molecular formula is C33H44O2. The van der Waals surface area contributed by atoms with E-state index < -0.39 is 0 Å². The summed E-state index contributed by atoms with van der Waals surface area (Å²) in [7, 11) is 0. The predicted octanol–water partition coefficient (Wildman–Crippen LogP) is 8.76. The first kappa shape index (κ1) is 25.7. The minimum absolute atomic E-state index is 0.0751. The molecule has 0 aromatic heterocycles. The number of hydrogen-bond acceptors (Lipinski definition) is 2. The quantitative estimate of drug-likeness (QED) is 0.269. The lowest BCUT2D eigenvalue weighted by molar-refractivity contribution is -0.157. The predicted molar refractivity (Wildman–Crippen MR) is 146 cm³/mol. The fourth-order valence-corrected chi connectivity index (χ4v) is 6.14. The Balaban J connectivity index is 1.18. The van der Waals surface area contributed by atoms with E-state index in [1.54, 1.807) is 0 Å². The fraction of sp³-hybridized carbons (Fsp3) is 0.545. The SMILES string of the molecule is C/C=C/CCC1CCC(OC(=O)C2CCC(c3ccc(CC(C)c4ccccc4)cc3)CC2)CC1. The molecule has 35 heavy (non-hydrogen) atoms. The summed E-state index contributed by atoms with van der Waals surface area (Å²) in [4.78, 5) is 12.8. The molecule has 1 unspecified atom stereocenters. The zero-order valence-corrected chi connectivity index (χ0v) is 21.8. The van der Waals surface area contributed by atoms with E-state index in [2.05, 4.69) is 80.6 Å². The van der Waals surface area contributed by atoms with Gasteiger partial charge in [0.1, 0.15) is 6.10 Å². The second kappa shape index (κ2) is 13.1. The molecule has 0 bridgehead atoms. The number of carbonyl (C=O) groups is 1. The molecule has 2 aliphatic rings. The summed E-state index contributed by atoms with van der Waals surface area (Å²) >= 11 is 0. The van der Waals surface area contributed by atoms with Crippen molar-refractivity contribution in [3.8, 4) is 0 Å². The van der Waals surface area contributed by atoms with Gasteiger partial charge < -0.3 is 4.74 Å². The number of rotatable bonds is 9. The van der Waals surface area contributed by atoms with Gasteiger partial charge in [-0.15, -0.1) is 0 Å². The van der Waals surface area contributed by atoms with E-state index in [1.807, 2.05) is 0 Å². The lowest BCUT2D eigenvalue weighted by Gasteiger charge is -2.31. The lowest BCUT2D eigenvalue weighted by Crippen LogP contribution is -2.29. The molecule has 0 heterocycles. The summed E-state index contributed by atoms with van der Waals surface area (Å²) in [6.45, 7) is 4.40. The Hall–Kier alpha value is -2.35. The van der Waals surface area contributed by atoms with Crippen LogP contribution >= 0.6 is 0 Å². The minimum Gasteiger partial charge on any atom is -0.462 e. The molecular weight excluding hydrogens is 428 g/mol. The highest BCUT2D eigenvalue weighted by atomic mass is 16.5. The zero-order chi connectivity index (χ0) is 24.5. The zero-order valence-electron chi connectivity index (χ0n) is 21.8. The number of ether oxygens (including phenoxy) is 1. The minimum atomic E-state index is 0.0751. The van der Waals surface area contributed by atoms with Crippen molar-refractivity contribution in [2.24, 2.45) is 11.8 Å². The molecule has 2 fully saturated rings. The maximum Gasteiger partial charge on any atom is 0.309 e. The van der Waals surface area contributed by atoms with E-state index in [1.165, 1.54) is 42.4 Å². The molecule has 0 saturated heterocycles. The first-order valence-corrected chi connectivity index (χ1v) is 14.1. The molecule has 0 aliphatic heterocycles. The molecule has 0 amide bonds. The molecule has 2 nitrogen and oxygen atoms in total. The van der Waals surface area contributed by atoms with Gasteiger partial charge in [0.05, 0.1) is 5.92 Å². The Labute approximate surface area is 213 Å². The molecule has 2 aromatic carbocycles. The van der Waals surface area contributed by atoms with Gasteiger partial charge in [-0.05, 0) is 112 Å². The van der Waals surface area contributed by atoms with Gasteiger partial charge in [-0.2, -0.15) is 0 Å². The van der Waals surface area contributed by atoms with Gasteiger partial charge >= 0.3 is 5.97 Å². The molecule has 0 N–H and O–H groups in total. The van der Waals surface area contributed by atoms with Crippen LogP contribution in [0.5, 0.6) is 0 Å². The van der Waals surface area contributed by atoms with E-state index in [9.17, 15) is 4.79 Å². The van der Waals surface area contributed by atoms with Crippen molar-refractivity contribution in [2.45, 2.75) is 102 Å². The van der Waals surface area contributed by atoms with E-state index in [4.69, 9.17) is 4.74 Å². The molecule has 2 saturated carbocycles. The van der Waals surface area contributed by atoms with Crippen LogP contribution in [0.4, 0.5) is 0 Å². The van der Waals surface area contributed by atoms with Gasteiger partial charge in [0.15, 0.2) is 0 Å². The molecule has 188 valence electrons. The van der Waals surface area contributed by atoms with Crippen LogP contribution in [0.15, 0.2) is 66.7 Å². The number of carbonyl (C=O) groups excluding carboxylic acids is 1. The van der Waals surface area contributed by atoms with E-state index in [0.717, 1.165) is 50.9 Å². The Morgan fingerprint density at radius 2 is 1.60 bits per heavy atom. The Morgan fingerprint density at radius 3 is 2.26 bits per heavy atom. The number of hydrogen-bond donors (Lipinski definition) is 0. The van der Waals surface area contributed by atoms with Crippen LogP contribution < -0.4 is 0 Å². The van der Waals surface area contributed by atoms with Crippen molar-refractivity contribution >= 4 is 5.97 Å². The average Bonchev–Trinajstić information content (AvgIpc) is 2.91. The third kappa shape index (κ3) is 7.56. The van der Waals surface area contributed by atoms with Crippen LogP contribution in [0.3, 0.4) is 0 Å². The van der Waals surface area contributed by atoms with Gasteiger partial charge in [0.25, 0.3) is 0 Å². The van der Waals surface area contributed by atoms with Crippen LogP contribution in [0.1, 0.15) is 107 Å². The molecule has 2 heteroatoms. The summed E-state index contributed by atoms with van der Waals surface area (Å²) in [5.41, 5.74) is 4.24. The van der Waals surface area contributed by atoms with E-state index >= 15 is 0 Å². The lowest BCUT2D eigenvalue weighted by atomic mass is 9.78. The molecule has 2 aliphatic carbocycles. The van der Waals surface area contributed by atoms with Crippen LogP contribution in [0.25, 0.3) is 0 Å². The maximum absolute atomic E-state index is 12.8. The molecule has 0 radical (unpaired) electrons. The van der Waals surface area contributed by atoms with Crippen LogP contribution in [-0.4, -0.2) is 12.1 Å². The van der Waals surface area contributed by atoms with Crippen molar-refractivity contribution in [3.05, 3.63) is 83.4 Å². The van der Waals surface area contributed by atoms with Crippen molar-refractivity contribution in [3.63, 3.8) is 0 Å². The van der Waals surface area contributed by atoms with Crippen LogP contribution in [0.2, 0.25) is 0 Å². The van der Waals surface area contributed by atoms with Crippen molar-refractivity contribution in [1.82, 2.24) is 0 Å². The largest absolute Gasteiger partial charge is 0.462 e. The smallest absolute Gasteiger partial charge is 0.309 e. The van der Waals surface area contributed by atoms with Crippen molar-refractivity contribution in [1.29, 1.82) is 0 Å². The second-order valence-corrected chi connectivity index (χ2v) is 11.0. The van der Waals surface area contributed by atoms with E-state index in [0.29, 0.717) is 11.8 Å². The summed E-state index contributed by atoms with van der Waals surface area (Å²) in [6, 6.07) is 20.0. The maximum atomic E-state index is 12.8. The Kier molecular flexibility index (Phi) is 9.63. The van der Waals surface area contributed by atoms with Gasteiger partial charge in [-0.1, -0.05) is 73.7 Å². The number of benzene rings is 2. The van der Waals surface area contributed by atoms with Gasteiger partial charge in [0.2, 0.25) is 0 Å². The highest BCUT2D eigenvalue weighted by molar-refractivity contribution is 5.72. The van der Waals surface area contributed by atoms with E-state index in [-0.39, 0.29) is 18.0 Å². The first-order chi connectivity index (χ1) is 17.1. The van der Waals surface area contributed by atoms with Gasteiger partial charge in [0, 0.05) is 0 Å². The average molecular weight is 473 g/mol. The summed E-state index contributed by atoms with van der Waals surface area (Å²) in [6.07, 6.45) is 16.8. The van der Waals surface area contributed by atoms with Gasteiger partial charge in [-0.3, -0.25) is 4.79 Å². The fourth-order valence-electron chi connectivity index (χ4n) is 6.14. The van der Waals surface area contributed by atoms with Gasteiger partial charge in [-0.25, -0.2) is 0 Å². The normalized spacial score (nSPS) is 25.9. The van der Waals surface area contributed by atoms with Crippen molar-refractivity contribution < 1.29 is 9.53 Å². The second-order valence-electron chi connectivity index (χ2n) is 11.0.